The van der Waals surface area contributed by atoms with Crippen LogP contribution in [-0.4, -0.2) is 71.0 Å². The summed E-state index contributed by atoms with van der Waals surface area (Å²) in [5.74, 6) is 2.02. The second kappa shape index (κ2) is 12.3. The molecule has 1 rings (SSSR count). The number of nitrogens with one attached hydrogen (secondary N) is 2. The van der Waals surface area contributed by atoms with Gasteiger partial charge in [-0.1, -0.05) is 6.07 Å². The van der Waals surface area contributed by atoms with Gasteiger partial charge in [-0.2, -0.15) is 13.2 Å². The Morgan fingerprint density at radius 3 is 2.46 bits per heavy atom. The molecule has 0 heterocycles. The number of benzene rings is 1. The van der Waals surface area contributed by atoms with Crippen LogP contribution in [0.25, 0.3) is 0 Å². The Morgan fingerprint density at radius 2 is 1.86 bits per heavy atom. The Morgan fingerprint density at radius 1 is 1.14 bits per heavy atom. The van der Waals surface area contributed by atoms with Crippen LogP contribution in [0.5, 0.6) is 11.5 Å². The monoisotopic (exact) mass is 404 g/mol. The van der Waals surface area contributed by atoms with Gasteiger partial charge in [-0.3, -0.25) is 9.89 Å². The van der Waals surface area contributed by atoms with Gasteiger partial charge in [0.25, 0.3) is 0 Å². The Hall–Kier alpha value is -2.16. The molecular weight excluding hydrogens is 373 g/mol. The molecule has 0 radical (unpaired) electrons. The third kappa shape index (κ3) is 9.68. The molecule has 0 atom stereocenters. The molecule has 0 amide bonds. The maximum Gasteiger partial charge on any atom is 0.401 e. The molecule has 0 aliphatic heterocycles. The molecule has 0 fully saturated rings. The molecule has 1 aromatic rings. The van der Waals surface area contributed by atoms with E-state index in [4.69, 9.17) is 9.47 Å². The lowest BCUT2D eigenvalue weighted by Gasteiger charge is -2.18. The van der Waals surface area contributed by atoms with Crippen molar-refractivity contribution in [3.05, 3.63) is 23.8 Å². The zero-order chi connectivity index (χ0) is 21.0. The Bertz CT molecular complexity index is 609. The summed E-state index contributed by atoms with van der Waals surface area (Å²) in [6.07, 6.45) is -2.85. The van der Waals surface area contributed by atoms with Crippen LogP contribution >= 0.6 is 0 Å². The second-order valence-electron chi connectivity index (χ2n) is 6.33. The van der Waals surface area contributed by atoms with Gasteiger partial charge in [-0.25, -0.2) is 0 Å². The SMILES string of the molecule is CCNC(=NCCCN(C)CC(F)(F)F)NCCc1ccc(OC)c(OC)c1. The number of ether oxygens (including phenoxy) is 2. The van der Waals surface area contributed by atoms with E-state index in [1.54, 1.807) is 14.2 Å². The smallest absolute Gasteiger partial charge is 0.401 e. The first-order valence-corrected chi connectivity index (χ1v) is 9.27. The highest BCUT2D eigenvalue weighted by molar-refractivity contribution is 5.79. The van der Waals surface area contributed by atoms with Crippen molar-refractivity contribution in [3.63, 3.8) is 0 Å². The van der Waals surface area contributed by atoms with Crippen LogP contribution in [0.3, 0.4) is 0 Å². The number of alkyl halides is 3. The minimum Gasteiger partial charge on any atom is -0.493 e. The first-order valence-electron chi connectivity index (χ1n) is 9.27. The zero-order valence-corrected chi connectivity index (χ0v) is 17.0. The molecule has 0 unspecified atom stereocenters. The molecule has 2 N–H and O–H groups in total. The highest BCUT2D eigenvalue weighted by atomic mass is 19.4. The van der Waals surface area contributed by atoms with E-state index in [9.17, 15) is 13.2 Å². The summed E-state index contributed by atoms with van der Waals surface area (Å²) < 4.78 is 47.5. The molecule has 6 nitrogen and oxygen atoms in total. The molecule has 0 aliphatic carbocycles. The number of rotatable bonds is 11. The molecule has 160 valence electrons. The molecule has 0 saturated heterocycles. The maximum absolute atomic E-state index is 12.3. The van der Waals surface area contributed by atoms with Crippen LogP contribution in [0.4, 0.5) is 13.2 Å². The Labute approximate surface area is 165 Å². The number of guanidine groups is 1. The largest absolute Gasteiger partial charge is 0.493 e. The topological polar surface area (TPSA) is 58.1 Å². The second-order valence-corrected chi connectivity index (χ2v) is 6.33. The molecule has 28 heavy (non-hydrogen) atoms. The van der Waals surface area contributed by atoms with Gasteiger partial charge >= 0.3 is 6.18 Å². The minimum absolute atomic E-state index is 0.341. The number of methoxy groups -OCH3 is 2. The summed E-state index contributed by atoms with van der Waals surface area (Å²) >= 11 is 0. The van der Waals surface area contributed by atoms with Gasteiger partial charge in [0, 0.05) is 19.6 Å². The predicted octanol–water partition coefficient (Wildman–Crippen LogP) is 2.69. The van der Waals surface area contributed by atoms with Crippen molar-refractivity contribution < 1.29 is 22.6 Å². The minimum atomic E-state index is -4.17. The van der Waals surface area contributed by atoms with E-state index in [0.29, 0.717) is 50.1 Å². The molecule has 0 aromatic heterocycles. The Kier molecular flexibility index (Phi) is 10.5. The lowest BCUT2D eigenvalue weighted by molar-refractivity contribution is -0.143. The summed E-state index contributed by atoms with van der Waals surface area (Å²) in [6, 6.07) is 5.77. The van der Waals surface area contributed by atoms with Crippen molar-refractivity contribution in [2.45, 2.75) is 25.9 Å². The van der Waals surface area contributed by atoms with E-state index in [-0.39, 0.29) is 0 Å². The number of hydrogen-bond acceptors (Lipinski definition) is 4. The predicted molar refractivity (Wildman–Crippen MR) is 105 cm³/mol. The first-order chi connectivity index (χ1) is 13.3. The van der Waals surface area contributed by atoms with Gasteiger partial charge in [0.05, 0.1) is 20.8 Å². The number of aliphatic imine (C=N–C) groups is 1. The summed E-state index contributed by atoms with van der Waals surface area (Å²) in [5.41, 5.74) is 1.09. The lowest BCUT2D eigenvalue weighted by atomic mass is 10.1. The lowest BCUT2D eigenvalue weighted by Crippen LogP contribution is -2.38. The maximum atomic E-state index is 12.3. The highest BCUT2D eigenvalue weighted by Gasteiger charge is 2.28. The van der Waals surface area contributed by atoms with Gasteiger partial charge in [0.2, 0.25) is 0 Å². The van der Waals surface area contributed by atoms with Crippen LogP contribution < -0.4 is 20.1 Å². The van der Waals surface area contributed by atoms with E-state index in [1.807, 2.05) is 25.1 Å². The molecule has 0 saturated carbocycles. The number of halogens is 3. The fourth-order valence-corrected chi connectivity index (χ4v) is 2.62. The fourth-order valence-electron chi connectivity index (χ4n) is 2.62. The summed E-state index contributed by atoms with van der Waals surface area (Å²) in [4.78, 5) is 5.67. The van der Waals surface area contributed by atoms with Crippen LogP contribution in [0.2, 0.25) is 0 Å². The normalized spacial score (nSPS) is 12.2. The van der Waals surface area contributed by atoms with Gasteiger partial charge < -0.3 is 20.1 Å². The van der Waals surface area contributed by atoms with Gasteiger partial charge in [-0.05, 0) is 51.1 Å². The van der Waals surface area contributed by atoms with E-state index in [0.717, 1.165) is 12.0 Å². The van der Waals surface area contributed by atoms with Crippen molar-refractivity contribution in [1.29, 1.82) is 0 Å². The van der Waals surface area contributed by atoms with Crippen molar-refractivity contribution in [1.82, 2.24) is 15.5 Å². The van der Waals surface area contributed by atoms with E-state index >= 15 is 0 Å². The van der Waals surface area contributed by atoms with E-state index in [2.05, 4.69) is 15.6 Å². The molecule has 0 spiro atoms. The average molecular weight is 404 g/mol. The summed E-state index contributed by atoms with van der Waals surface area (Å²) in [7, 11) is 4.66. The zero-order valence-electron chi connectivity index (χ0n) is 17.0. The van der Waals surface area contributed by atoms with Crippen LogP contribution in [0, 0.1) is 0 Å². The highest BCUT2D eigenvalue weighted by Crippen LogP contribution is 2.27. The summed E-state index contributed by atoms with van der Waals surface area (Å²) in [6.45, 7) is 3.22. The molecule has 9 heteroatoms. The molecular formula is C19H31F3N4O2. The van der Waals surface area contributed by atoms with Crippen molar-refractivity contribution in [3.8, 4) is 11.5 Å². The van der Waals surface area contributed by atoms with E-state index in [1.165, 1.54) is 11.9 Å². The first kappa shape index (κ1) is 23.9. The van der Waals surface area contributed by atoms with Gasteiger partial charge in [-0.15, -0.1) is 0 Å². The summed E-state index contributed by atoms with van der Waals surface area (Å²) in [5, 5.41) is 6.37. The third-order valence-electron chi connectivity index (χ3n) is 3.92. The molecule has 0 aliphatic rings. The fraction of sp³-hybridized carbons (Fsp3) is 0.632. The Balaban J connectivity index is 2.44. The van der Waals surface area contributed by atoms with Crippen LogP contribution in [0.15, 0.2) is 23.2 Å². The van der Waals surface area contributed by atoms with Gasteiger partial charge in [0.1, 0.15) is 0 Å². The van der Waals surface area contributed by atoms with Gasteiger partial charge in [0.15, 0.2) is 17.5 Å². The van der Waals surface area contributed by atoms with Crippen LogP contribution in [-0.2, 0) is 6.42 Å². The van der Waals surface area contributed by atoms with Crippen molar-refractivity contribution >= 4 is 5.96 Å². The van der Waals surface area contributed by atoms with Crippen LogP contribution in [0.1, 0.15) is 18.9 Å². The number of nitrogens with zero attached hydrogens (tertiary/aromatic N) is 2. The molecule has 0 bridgehead atoms. The standard InChI is InChI=1S/C19H31F3N4O2/c1-5-23-18(24-10-6-12-26(2)14-19(20,21)22)25-11-9-15-7-8-16(27-3)17(13-15)28-4/h7-8,13H,5-6,9-12,14H2,1-4H3,(H2,23,24,25). The third-order valence-corrected chi connectivity index (χ3v) is 3.92. The molecule has 1 aromatic carbocycles. The average Bonchev–Trinajstić information content (AvgIpc) is 2.63. The van der Waals surface area contributed by atoms with E-state index < -0.39 is 12.7 Å². The van der Waals surface area contributed by atoms with Crippen molar-refractivity contribution in [2.24, 2.45) is 4.99 Å². The number of hydrogen-bond donors (Lipinski definition) is 2. The van der Waals surface area contributed by atoms with Crippen molar-refractivity contribution in [2.75, 3.05) is 54.0 Å². The quantitative estimate of drug-likeness (QED) is 0.337.